The average Bonchev–Trinajstić information content (AvgIpc) is 2.54. The Balaban J connectivity index is 2.18. The largest absolute Gasteiger partial charge is 0.497 e. The van der Waals surface area contributed by atoms with Gasteiger partial charge in [-0.2, -0.15) is 4.98 Å². The maximum absolute atomic E-state index is 6.04. The minimum Gasteiger partial charge on any atom is -0.497 e. The molecule has 3 N–H and O–H groups in total. The predicted molar refractivity (Wildman–Crippen MR) is 87.4 cm³/mol. The summed E-state index contributed by atoms with van der Waals surface area (Å²) in [6.45, 7) is 4.66. The second kappa shape index (κ2) is 6.98. The van der Waals surface area contributed by atoms with Crippen LogP contribution < -0.4 is 20.5 Å². The number of nitrogen functional groups attached to an aromatic ring is 1. The van der Waals surface area contributed by atoms with Gasteiger partial charge in [0.1, 0.15) is 17.3 Å². The summed E-state index contributed by atoms with van der Waals surface area (Å²) in [6.07, 6.45) is 0. The molecule has 22 heavy (non-hydrogen) atoms. The van der Waals surface area contributed by atoms with Crippen LogP contribution in [0.25, 0.3) is 0 Å². The Morgan fingerprint density at radius 1 is 1.09 bits per heavy atom. The summed E-state index contributed by atoms with van der Waals surface area (Å²) in [6, 6.07) is 7.81. The maximum atomic E-state index is 6.04. The van der Waals surface area contributed by atoms with E-state index in [0.717, 1.165) is 11.3 Å². The van der Waals surface area contributed by atoms with Gasteiger partial charge in [-0.3, -0.25) is 0 Å². The number of hydrogen-bond acceptors (Lipinski definition) is 6. The molecule has 0 saturated carbocycles. The van der Waals surface area contributed by atoms with Gasteiger partial charge in [0.15, 0.2) is 5.82 Å². The molecule has 0 atom stereocenters. The second-order valence-corrected chi connectivity index (χ2v) is 5.21. The van der Waals surface area contributed by atoms with Crippen molar-refractivity contribution in [2.24, 2.45) is 0 Å². The van der Waals surface area contributed by atoms with E-state index in [1.54, 1.807) is 14.2 Å². The fraction of sp³-hybridized carbons (Fsp3) is 0.375. The van der Waals surface area contributed by atoms with Gasteiger partial charge in [0.05, 0.1) is 14.2 Å². The van der Waals surface area contributed by atoms with E-state index in [4.69, 9.17) is 15.2 Å². The van der Waals surface area contributed by atoms with Crippen LogP contribution in [0, 0.1) is 0 Å². The highest BCUT2D eigenvalue weighted by Crippen LogP contribution is 2.28. The lowest BCUT2D eigenvalue weighted by molar-refractivity contribution is 0.396. The van der Waals surface area contributed by atoms with E-state index >= 15 is 0 Å². The zero-order valence-electron chi connectivity index (χ0n) is 13.4. The van der Waals surface area contributed by atoms with Crippen LogP contribution in [0.3, 0.4) is 0 Å². The van der Waals surface area contributed by atoms with Crippen molar-refractivity contribution in [1.29, 1.82) is 0 Å². The van der Waals surface area contributed by atoms with Gasteiger partial charge in [0.2, 0.25) is 5.88 Å². The molecule has 118 valence electrons. The van der Waals surface area contributed by atoms with Crippen LogP contribution in [0.4, 0.5) is 11.5 Å². The maximum Gasteiger partial charge on any atom is 0.242 e. The highest BCUT2D eigenvalue weighted by Gasteiger charge is 2.14. The van der Waals surface area contributed by atoms with Crippen LogP contribution >= 0.6 is 0 Å². The Hall–Kier alpha value is -2.50. The van der Waals surface area contributed by atoms with Crippen molar-refractivity contribution in [1.82, 2.24) is 9.97 Å². The number of nitrogens with one attached hydrogen (secondary N) is 1. The molecule has 2 aromatic rings. The molecule has 6 heteroatoms. The summed E-state index contributed by atoms with van der Waals surface area (Å²) in [5, 5.41) is 3.24. The molecular formula is C16H22N4O2. The van der Waals surface area contributed by atoms with Crippen LogP contribution in [0.5, 0.6) is 11.6 Å². The Morgan fingerprint density at radius 3 is 2.32 bits per heavy atom. The lowest BCUT2D eigenvalue weighted by Crippen LogP contribution is -2.10. The first-order valence-electron chi connectivity index (χ1n) is 7.13. The summed E-state index contributed by atoms with van der Waals surface area (Å²) in [5.41, 5.74) is 7.56. The Morgan fingerprint density at radius 2 is 1.77 bits per heavy atom. The summed E-state index contributed by atoms with van der Waals surface area (Å²) < 4.78 is 10.4. The van der Waals surface area contributed by atoms with Gasteiger partial charge in [0, 0.05) is 12.5 Å². The molecule has 2 rings (SSSR count). The summed E-state index contributed by atoms with van der Waals surface area (Å²) >= 11 is 0. The lowest BCUT2D eigenvalue weighted by Gasteiger charge is -2.14. The number of benzene rings is 1. The van der Waals surface area contributed by atoms with E-state index in [0.29, 0.717) is 29.8 Å². The van der Waals surface area contributed by atoms with Gasteiger partial charge in [0.25, 0.3) is 0 Å². The number of aromatic nitrogens is 2. The van der Waals surface area contributed by atoms with Crippen molar-refractivity contribution in [3.05, 3.63) is 35.7 Å². The number of nitrogens with zero attached hydrogens (tertiary/aromatic N) is 2. The average molecular weight is 302 g/mol. The molecule has 0 radical (unpaired) electrons. The van der Waals surface area contributed by atoms with E-state index in [1.165, 1.54) is 0 Å². The van der Waals surface area contributed by atoms with Crippen LogP contribution in [0.15, 0.2) is 24.3 Å². The highest BCUT2D eigenvalue weighted by atomic mass is 16.5. The summed E-state index contributed by atoms with van der Waals surface area (Å²) in [5.74, 6) is 2.70. The van der Waals surface area contributed by atoms with Crippen LogP contribution in [-0.2, 0) is 6.54 Å². The van der Waals surface area contributed by atoms with E-state index < -0.39 is 0 Å². The molecule has 1 aromatic carbocycles. The predicted octanol–water partition coefficient (Wildman–Crippen LogP) is 2.81. The molecule has 1 aromatic heterocycles. The quantitative estimate of drug-likeness (QED) is 0.854. The molecule has 0 unspecified atom stereocenters. The Kier molecular flexibility index (Phi) is 5.04. The first-order chi connectivity index (χ1) is 10.5. The van der Waals surface area contributed by atoms with Crippen molar-refractivity contribution in [2.75, 3.05) is 25.3 Å². The second-order valence-electron chi connectivity index (χ2n) is 5.21. The number of hydrogen-bond donors (Lipinski definition) is 2. The molecule has 0 spiro atoms. The third-order valence-electron chi connectivity index (χ3n) is 3.26. The SMILES string of the molecule is COc1ccc(CNc2nc(C(C)C)nc(OC)c2N)cc1. The highest BCUT2D eigenvalue weighted by molar-refractivity contribution is 5.67. The van der Waals surface area contributed by atoms with E-state index in [2.05, 4.69) is 15.3 Å². The topological polar surface area (TPSA) is 82.3 Å². The number of rotatable bonds is 6. The minimum absolute atomic E-state index is 0.191. The lowest BCUT2D eigenvalue weighted by atomic mass is 10.2. The third kappa shape index (κ3) is 3.58. The van der Waals surface area contributed by atoms with Crippen molar-refractivity contribution >= 4 is 11.5 Å². The minimum atomic E-state index is 0.191. The van der Waals surface area contributed by atoms with Crippen molar-refractivity contribution in [3.8, 4) is 11.6 Å². The Bertz CT molecular complexity index is 627. The van der Waals surface area contributed by atoms with Crippen molar-refractivity contribution < 1.29 is 9.47 Å². The van der Waals surface area contributed by atoms with E-state index in [1.807, 2.05) is 38.1 Å². The molecule has 1 heterocycles. The third-order valence-corrected chi connectivity index (χ3v) is 3.26. The first-order valence-corrected chi connectivity index (χ1v) is 7.13. The summed E-state index contributed by atoms with van der Waals surface area (Å²) in [4.78, 5) is 8.79. The van der Waals surface area contributed by atoms with Gasteiger partial charge in [-0.25, -0.2) is 4.98 Å². The van der Waals surface area contributed by atoms with Gasteiger partial charge in [-0.1, -0.05) is 26.0 Å². The molecule has 6 nitrogen and oxygen atoms in total. The Labute approximate surface area is 130 Å². The zero-order chi connectivity index (χ0) is 16.1. The van der Waals surface area contributed by atoms with Crippen LogP contribution in [-0.4, -0.2) is 24.2 Å². The summed E-state index contributed by atoms with van der Waals surface area (Å²) in [7, 11) is 3.20. The van der Waals surface area contributed by atoms with Crippen LogP contribution in [0.2, 0.25) is 0 Å². The van der Waals surface area contributed by atoms with E-state index in [-0.39, 0.29) is 5.92 Å². The normalized spacial score (nSPS) is 10.6. The fourth-order valence-corrected chi connectivity index (χ4v) is 1.94. The van der Waals surface area contributed by atoms with Crippen molar-refractivity contribution in [2.45, 2.75) is 26.3 Å². The smallest absolute Gasteiger partial charge is 0.242 e. The van der Waals surface area contributed by atoms with Gasteiger partial charge >= 0.3 is 0 Å². The van der Waals surface area contributed by atoms with Gasteiger partial charge in [-0.05, 0) is 17.7 Å². The zero-order valence-corrected chi connectivity index (χ0v) is 13.4. The number of anilines is 2. The fourth-order valence-electron chi connectivity index (χ4n) is 1.94. The van der Waals surface area contributed by atoms with E-state index in [9.17, 15) is 0 Å². The van der Waals surface area contributed by atoms with Crippen molar-refractivity contribution in [3.63, 3.8) is 0 Å². The molecule has 0 aliphatic carbocycles. The monoisotopic (exact) mass is 302 g/mol. The number of nitrogens with two attached hydrogens (primary N) is 1. The standard InChI is InChI=1S/C16H22N4O2/c1-10(2)14-19-15(13(17)16(20-14)22-4)18-9-11-5-7-12(21-3)8-6-11/h5-8,10H,9,17H2,1-4H3,(H,18,19,20). The molecule has 0 amide bonds. The molecule has 0 aliphatic rings. The molecule has 0 saturated heterocycles. The molecule has 0 fully saturated rings. The molecule has 0 bridgehead atoms. The van der Waals surface area contributed by atoms with Gasteiger partial charge < -0.3 is 20.5 Å². The van der Waals surface area contributed by atoms with Crippen LogP contribution in [0.1, 0.15) is 31.2 Å². The first kappa shape index (κ1) is 15.9. The molecular weight excluding hydrogens is 280 g/mol. The van der Waals surface area contributed by atoms with Gasteiger partial charge in [-0.15, -0.1) is 0 Å². The molecule has 0 aliphatic heterocycles. The number of ether oxygens (including phenoxy) is 2. The number of methoxy groups -OCH3 is 2.